The summed E-state index contributed by atoms with van der Waals surface area (Å²) in [5, 5.41) is 10.1. The fraction of sp³-hybridized carbons (Fsp3) is 0.467. The minimum atomic E-state index is -1.60. The van der Waals surface area contributed by atoms with Crippen molar-refractivity contribution in [3.8, 4) is 0 Å². The molecule has 0 aliphatic carbocycles. The van der Waals surface area contributed by atoms with E-state index in [0.717, 1.165) is 0 Å². The topological polar surface area (TPSA) is 63.6 Å². The van der Waals surface area contributed by atoms with Gasteiger partial charge in [0.05, 0.1) is 6.61 Å². The van der Waals surface area contributed by atoms with Crippen molar-refractivity contribution in [1.29, 1.82) is 0 Å². The molecule has 20 heavy (non-hydrogen) atoms. The molecule has 0 radical (unpaired) electrons. The quantitative estimate of drug-likeness (QED) is 0.647. The Balaban J connectivity index is 3.23. The molecule has 0 aliphatic heterocycles. The normalized spacial score (nSPS) is 13.8. The van der Waals surface area contributed by atoms with Crippen molar-refractivity contribution in [2.45, 2.75) is 27.2 Å². The van der Waals surface area contributed by atoms with E-state index in [9.17, 15) is 14.7 Å². The average molecular weight is 299 g/mol. The lowest BCUT2D eigenvalue weighted by atomic mass is 9.72. The van der Waals surface area contributed by atoms with Crippen LogP contribution in [0.5, 0.6) is 0 Å². The molecule has 1 aromatic rings. The second-order valence-electron chi connectivity index (χ2n) is 4.96. The van der Waals surface area contributed by atoms with E-state index >= 15 is 0 Å². The highest BCUT2D eigenvalue weighted by Crippen LogP contribution is 2.34. The predicted molar refractivity (Wildman–Crippen MR) is 76.7 cm³/mol. The van der Waals surface area contributed by atoms with Crippen LogP contribution in [0.3, 0.4) is 0 Å². The third kappa shape index (κ3) is 3.31. The van der Waals surface area contributed by atoms with Gasteiger partial charge < -0.3 is 9.84 Å². The van der Waals surface area contributed by atoms with Crippen LogP contribution in [-0.2, 0) is 20.7 Å². The highest BCUT2D eigenvalue weighted by atomic mass is 35.5. The van der Waals surface area contributed by atoms with Gasteiger partial charge in [-0.25, -0.2) is 0 Å². The summed E-state index contributed by atoms with van der Waals surface area (Å²) >= 11 is 5.91. The third-order valence-corrected chi connectivity index (χ3v) is 3.61. The fourth-order valence-corrected chi connectivity index (χ4v) is 2.36. The molecule has 0 saturated heterocycles. The summed E-state index contributed by atoms with van der Waals surface area (Å²) in [6, 6.07) is 6.86. The van der Waals surface area contributed by atoms with Crippen molar-refractivity contribution in [2.24, 2.45) is 11.3 Å². The largest absolute Gasteiger partial charge is 0.480 e. The van der Waals surface area contributed by atoms with Crippen LogP contribution in [0.2, 0.25) is 5.02 Å². The Bertz CT molecular complexity index is 498. The Morgan fingerprint density at radius 2 is 2.05 bits per heavy atom. The molecule has 0 amide bonds. The predicted octanol–water partition coefficient (Wildman–Crippen LogP) is 3.17. The smallest absolute Gasteiger partial charge is 0.324 e. The molecular formula is C15H19ClO4. The number of aliphatic carboxylic acids is 1. The van der Waals surface area contributed by atoms with Gasteiger partial charge >= 0.3 is 11.9 Å². The second kappa shape index (κ2) is 6.75. The molecule has 0 aliphatic rings. The number of halogens is 1. The van der Waals surface area contributed by atoms with Crippen molar-refractivity contribution in [2.75, 3.05) is 6.61 Å². The van der Waals surface area contributed by atoms with Crippen LogP contribution in [0.4, 0.5) is 0 Å². The molecule has 0 spiro atoms. The number of carboxylic acids is 1. The lowest BCUT2D eigenvalue weighted by molar-refractivity contribution is -0.172. The first-order valence-corrected chi connectivity index (χ1v) is 6.87. The van der Waals surface area contributed by atoms with E-state index in [-0.39, 0.29) is 13.0 Å². The van der Waals surface area contributed by atoms with Gasteiger partial charge in [0.2, 0.25) is 0 Å². The van der Waals surface area contributed by atoms with E-state index < -0.39 is 23.3 Å². The molecule has 1 aromatic carbocycles. The van der Waals surface area contributed by atoms with Gasteiger partial charge in [0.15, 0.2) is 5.41 Å². The number of ether oxygens (including phenoxy) is 1. The molecule has 0 saturated carbocycles. The van der Waals surface area contributed by atoms with Crippen LogP contribution < -0.4 is 0 Å². The van der Waals surface area contributed by atoms with Gasteiger partial charge in [0.25, 0.3) is 0 Å². The van der Waals surface area contributed by atoms with Crippen molar-refractivity contribution in [3.63, 3.8) is 0 Å². The first kappa shape index (κ1) is 16.5. The lowest BCUT2D eigenvalue weighted by Crippen LogP contribution is -2.46. The lowest BCUT2D eigenvalue weighted by Gasteiger charge is -2.31. The van der Waals surface area contributed by atoms with Crippen LogP contribution in [0.25, 0.3) is 0 Å². The van der Waals surface area contributed by atoms with Gasteiger partial charge in [-0.15, -0.1) is 0 Å². The molecule has 0 aromatic heterocycles. The Morgan fingerprint density at radius 3 is 2.50 bits per heavy atom. The zero-order chi connectivity index (χ0) is 15.3. The number of carboxylic acid groups (broad SMARTS) is 1. The van der Waals surface area contributed by atoms with Crippen molar-refractivity contribution >= 4 is 23.5 Å². The van der Waals surface area contributed by atoms with Gasteiger partial charge in [-0.1, -0.05) is 37.6 Å². The zero-order valence-corrected chi connectivity index (χ0v) is 12.6. The molecule has 0 bridgehead atoms. The molecule has 1 unspecified atom stereocenters. The van der Waals surface area contributed by atoms with Crippen molar-refractivity contribution in [3.05, 3.63) is 34.9 Å². The highest BCUT2D eigenvalue weighted by molar-refractivity contribution is 6.30. The summed E-state index contributed by atoms with van der Waals surface area (Å²) in [6.07, 6.45) is 0.0550. The van der Waals surface area contributed by atoms with E-state index in [0.29, 0.717) is 10.6 Å². The zero-order valence-electron chi connectivity index (χ0n) is 11.9. The summed E-state index contributed by atoms with van der Waals surface area (Å²) in [7, 11) is 0. The van der Waals surface area contributed by atoms with E-state index in [2.05, 4.69) is 0 Å². The summed E-state index contributed by atoms with van der Waals surface area (Å²) in [5.74, 6) is -2.29. The maximum atomic E-state index is 12.2. The molecule has 5 heteroatoms. The number of hydrogen-bond acceptors (Lipinski definition) is 3. The molecule has 0 fully saturated rings. The van der Waals surface area contributed by atoms with Crippen LogP contribution in [0.15, 0.2) is 24.3 Å². The van der Waals surface area contributed by atoms with Gasteiger partial charge in [-0.3, -0.25) is 9.59 Å². The molecular weight excluding hydrogens is 280 g/mol. The summed E-state index contributed by atoms with van der Waals surface area (Å²) in [5.41, 5.74) is -0.901. The summed E-state index contributed by atoms with van der Waals surface area (Å²) < 4.78 is 4.98. The number of esters is 1. The van der Waals surface area contributed by atoms with Crippen LogP contribution in [-0.4, -0.2) is 23.7 Å². The average Bonchev–Trinajstić information content (AvgIpc) is 2.35. The molecule has 0 heterocycles. The number of hydrogen-bond donors (Lipinski definition) is 1. The molecule has 4 nitrogen and oxygen atoms in total. The fourth-order valence-electron chi connectivity index (χ4n) is 2.15. The Kier molecular flexibility index (Phi) is 5.57. The summed E-state index contributed by atoms with van der Waals surface area (Å²) in [4.78, 5) is 23.9. The molecule has 110 valence electrons. The Labute approximate surface area is 123 Å². The Hall–Kier alpha value is -1.55. The SMILES string of the molecule is CCOC(=O)C(Cc1cccc(Cl)c1)(C(=O)O)C(C)C. The number of carbonyl (C=O) groups excluding carboxylic acids is 1. The second-order valence-corrected chi connectivity index (χ2v) is 5.39. The van der Waals surface area contributed by atoms with E-state index in [1.807, 2.05) is 0 Å². The van der Waals surface area contributed by atoms with Crippen LogP contribution in [0, 0.1) is 11.3 Å². The van der Waals surface area contributed by atoms with Crippen molar-refractivity contribution < 1.29 is 19.4 Å². The summed E-state index contributed by atoms with van der Waals surface area (Å²) in [6.45, 7) is 5.21. The molecule has 1 rings (SSSR count). The molecule has 1 atom stereocenters. The monoisotopic (exact) mass is 298 g/mol. The first-order valence-electron chi connectivity index (χ1n) is 6.49. The van der Waals surface area contributed by atoms with Gasteiger partial charge in [-0.2, -0.15) is 0 Å². The molecule has 1 N–H and O–H groups in total. The van der Waals surface area contributed by atoms with Gasteiger partial charge in [-0.05, 0) is 37.0 Å². The maximum Gasteiger partial charge on any atom is 0.324 e. The van der Waals surface area contributed by atoms with Crippen LogP contribution in [0.1, 0.15) is 26.3 Å². The number of carbonyl (C=O) groups is 2. The van der Waals surface area contributed by atoms with Gasteiger partial charge in [0, 0.05) is 5.02 Å². The Morgan fingerprint density at radius 1 is 1.40 bits per heavy atom. The van der Waals surface area contributed by atoms with E-state index in [1.165, 1.54) is 0 Å². The maximum absolute atomic E-state index is 12.2. The van der Waals surface area contributed by atoms with E-state index in [4.69, 9.17) is 16.3 Å². The number of rotatable bonds is 6. The van der Waals surface area contributed by atoms with Crippen LogP contribution >= 0.6 is 11.6 Å². The first-order chi connectivity index (χ1) is 9.34. The number of benzene rings is 1. The standard InChI is InChI=1S/C15H19ClO4/c1-4-20-14(19)15(10(2)3,13(17)18)9-11-6-5-7-12(16)8-11/h5-8,10H,4,9H2,1-3H3,(H,17,18). The van der Waals surface area contributed by atoms with E-state index in [1.54, 1.807) is 45.0 Å². The highest BCUT2D eigenvalue weighted by Gasteiger charge is 2.50. The van der Waals surface area contributed by atoms with Crippen molar-refractivity contribution in [1.82, 2.24) is 0 Å². The van der Waals surface area contributed by atoms with Gasteiger partial charge in [0.1, 0.15) is 0 Å². The minimum absolute atomic E-state index is 0.0550. The third-order valence-electron chi connectivity index (χ3n) is 3.38. The minimum Gasteiger partial charge on any atom is -0.480 e.